The Kier molecular flexibility index (Phi) is 18.1. The van der Waals surface area contributed by atoms with Gasteiger partial charge in [0.25, 0.3) is 0 Å². The van der Waals surface area contributed by atoms with Gasteiger partial charge in [0.15, 0.2) is 25.2 Å². The van der Waals surface area contributed by atoms with Crippen LogP contribution in [0.3, 0.4) is 0 Å². The molecule has 23 nitrogen and oxygen atoms in total. The van der Waals surface area contributed by atoms with Gasteiger partial charge in [0.2, 0.25) is 0 Å². The second-order valence-electron chi connectivity index (χ2n) is 25.7. The largest absolute Gasteiger partial charge is 0.394 e. The van der Waals surface area contributed by atoms with Crippen LogP contribution in [0.2, 0.25) is 0 Å². The molecule has 4 heterocycles. The molecule has 0 spiro atoms. The lowest BCUT2D eigenvalue weighted by Crippen LogP contribution is -2.68. The van der Waals surface area contributed by atoms with Gasteiger partial charge in [-0.2, -0.15) is 0 Å². The van der Waals surface area contributed by atoms with Gasteiger partial charge in [-0.3, -0.25) is 0 Å². The Labute approximate surface area is 444 Å². The Bertz CT molecular complexity index is 1980. The maximum Gasteiger partial charge on any atom is 0.187 e. The second-order valence-corrected chi connectivity index (χ2v) is 25.7. The van der Waals surface area contributed by atoms with Crippen LogP contribution in [0.4, 0.5) is 0 Å². The number of hydrogen-bond acceptors (Lipinski definition) is 23. The molecule has 0 radical (unpaired) electrons. The van der Waals surface area contributed by atoms with E-state index in [0.29, 0.717) is 32.1 Å². The smallest absolute Gasteiger partial charge is 0.187 e. The standard InChI is InChI=1S/C53H90O23/c1-48(2,68)13-9-14-53(8,76-46-42(67)38(63)36(61)28(73-46)22-69-44-40(65)35(60)27(21-56)70-44)23-10-16-52(7)32(23)24(57)18-30-50(5)15-12-31(49(3,4)29(50)11-17-51(30,52)6)74-47-43(39(64)34(59)26(20-55)72-47)75-45-41(66)37(62)33(58)25(19-54)71-45/h9,13,23-47,54-68H,10-12,14-22H2,1-8H3/b13-9+/t23-,24+,25+,26+,27-,28+,29-,30+,31-,32-,33+,34+,35-,36+,37-,38-,39-,40+,41+,42+,43+,44+,45-,46-,47-,50-,51+,52+,53-/m0/s1. The quantitative estimate of drug-likeness (QED) is 0.0557. The SMILES string of the molecule is CC(C)(O)/C=C/C[C@](C)(O[C@@H]1O[C@H](CO[C@@H]2O[C@@H](CO)[C@H](O)[C@H]2O)[C@@H](O)[C@H](O)[C@H]1O)[C@H]1CC[C@]2(C)[C@@H]1[C@H](O)C[C@@H]1[C@@]3(C)CC[C@H](O[C@@H]4O[C@H](CO)[C@@H](O)[C@H](O)[C@H]4O[C@@H]4O[C@H](CO)[C@@H](O)[C@H](O)[C@H]4O)C(C)(C)[C@@H]3CC[C@]12C. The highest BCUT2D eigenvalue weighted by atomic mass is 16.8. The van der Waals surface area contributed by atoms with E-state index in [-0.39, 0.29) is 40.9 Å². The van der Waals surface area contributed by atoms with Crippen molar-refractivity contribution in [3.05, 3.63) is 12.2 Å². The van der Waals surface area contributed by atoms with Crippen LogP contribution in [-0.4, -0.2) is 243 Å². The van der Waals surface area contributed by atoms with E-state index in [2.05, 4.69) is 34.6 Å². The van der Waals surface area contributed by atoms with Gasteiger partial charge < -0.3 is 114 Å². The lowest BCUT2D eigenvalue weighted by Gasteiger charge is -2.71. The van der Waals surface area contributed by atoms with Crippen LogP contribution in [0.1, 0.15) is 107 Å². The average molecular weight is 1100 g/mol. The Morgan fingerprint density at radius 2 is 1.05 bits per heavy atom. The molecular weight excluding hydrogens is 1000 g/mol. The molecule has 4 aliphatic carbocycles. The highest BCUT2D eigenvalue weighted by Crippen LogP contribution is 2.76. The molecule has 4 saturated carbocycles. The topological polar surface area (TPSA) is 377 Å². The van der Waals surface area contributed by atoms with Crippen molar-refractivity contribution < 1.29 is 114 Å². The van der Waals surface area contributed by atoms with E-state index in [4.69, 9.17) is 37.9 Å². The first-order valence-corrected chi connectivity index (χ1v) is 27.4. The number of rotatable bonds is 16. The summed E-state index contributed by atoms with van der Waals surface area (Å²) < 4.78 is 48.7. The highest BCUT2D eigenvalue weighted by molar-refractivity contribution is 5.21. The molecule has 76 heavy (non-hydrogen) atoms. The predicted molar refractivity (Wildman–Crippen MR) is 262 cm³/mol. The molecule has 0 amide bonds. The summed E-state index contributed by atoms with van der Waals surface area (Å²) in [6.07, 6.45) is -22.6. The van der Waals surface area contributed by atoms with E-state index < -0.39 is 177 Å². The van der Waals surface area contributed by atoms with Crippen molar-refractivity contribution in [2.75, 3.05) is 26.4 Å². The van der Waals surface area contributed by atoms with Gasteiger partial charge >= 0.3 is 0 Å². The van der Waals surface area contributed by atoms with Crippen LogP contribution in [0.5, 0.6) is 0 Å². The number of ether oxygens (including phenoxy) is 8. The van der Waals surface area contributed by atoms with Crippen LogP contribution in [0.15, 0.2) is 12.2 Å². The molecule has 0 aromatic heterocycles. The molecule has 0 aromatic rings. The fraction of sp³-hybridized carbons (Fsp3) is 0.962. The van der Waals surface area contributed by atoms with Crippen molar-refractivity contribution in [2.24, 2.45) is 45.3 Å². The molecule has 4 aliphatic heterocycles. The zero-order valence-corrected chi connectivity index (χ0v) is 45.0. The molecule has 0 bridgehead atoms. The van der Waals surface area contributed by atoms with E-state index in [0.717, 1.165) is 12.8 Å². The second kappa shape index (κ2) is 22.5. The van der Waals surface area contributed by atoms with Crippen LogP contribution < -0.4 is 0 Å². The summed E-state index contributed by atoms with van der Waals surface area (Å²) >= 11 is 0. The predicted octanol–water partition coefficient (Wildman–Crippen LogP) is -2.59. The van der Waals surface area contributed by atoms with E-state index in [1.54, 1.807) is 26.0 Å². The first-order valence-electron chi connectivity index (χ1n) is 27.4. The van der Waals surface area contributed by atoms with Crippen LogP contribution in [0, 0.1) is 45.3 Å². The summed E-state index contributed by atoms with van der Waals surface area (Å²) in [5.41, 5.74) is -4.12. The van der Waals surface area contributed by atoms with Crippen molar-refractivity contribution in [2.45, 2.75) is 247 Å². The Morgan fingerprint density at radius 1 is 0.539 bits per heavy atom. The van der Waals surface area contributed by atoms with Crippen molar-refractivity contribution >= 4 is 0 Å². The molecule has 0 unspecified atom stereocenters. The van der Waals surface area contributed by atoms with Gasteiger partial charge in [0, 0.05) is 0 Å². The molecular formula is C53H90O23. The molecule has 15 N–H and O–H groups in total. The Hall–Kier alpha value is -1.18. The Balaban J connectivity index is 1.02. The lowest BCUT2D eigenvalue weighted by atomic mass is 9.35. The van der Waals surface area contributed by atoms with Gasteiger partial charge in [-0.25, -0.2) is 0 Å². The summed E-state index contributed by atoms with van der Waals surface area (Å²) in [4.78, 5) is 0. The number of fused-ring (bicyclic) bond motifs is 5. The molecule has 8 fully saturated rings. The molecule has 8 rings (SSSR count). The fourth-order valence-electron chi connectivity index (χ4n) is 15.9. The maximum absolute atomic E-state index is 12.8. The minimum atomic E-state index is -1.82. The highest BCUT2D eigenvalue weighted by Gasteiger charge is 2.72. The normalized spacial score (nSPS) is 52.5. The molecule has 8 aliphatic rings. The molecule has 23 heteroatoms. The van der Waals surface area contributed by atoms with Gasteiger partial charge in [-0.1, -0.05) is 46.8 Å². The van der Waals surface area contributed by atoms with Gasteiger partial charge in [0.1, 0.15) is 91.6 Å². The van der Waals surface area contributed by atoms with Crippen LogP contribution in [0.25, 0.3) is 0 Å². The minimum absolute atomic E-state index is 0.0113. The average Bonchev–Trinajstić information content (AvgIpc) is 3.88. The third kappa shape index (κ3) is 10.6. The first-order chi connectivity index (χ1) is 35.4. The summed E-state index contributed by atoms with van der Waals surface area (Å²) in [6, 6.07) is 0. The van der Waals surface area contributed by atoms with Crippen molar-refractivity contribution in [3.63, 3.8) is 0 Å². The van der Waals surface area contributed by atoms with Crippen LogP contribution in [-0.2, 0) is 37.9 Å². The van der Waals surface area contributed by atoms with Gasteiger partial charge in [0.05, 0.1) is 49.8 Å². The van der Waals surface area contributed by atoms with Crippen molar-refractivity contribution in [1.29, 1.82) is 0 Å². The minimum Gasteiger partial charge on any atom is -0.394 e. The summed E-state index contributed by atoms with van der Waals surface area (Å²) in [5.74, 6) is -0.665. The third-order valence-electron chi connectivity index (χ3n) is 20.4. The van der Waals surface area contributed by atoms with E-state index in [1.807, 2.05) is 6.92 Å². The van der Waals surface area contributed by atoms with E-state index >= 15 is 0 Å². The molecule has 0 aromatic carbocycles. The molecule has 4 saturated heterocycles. The van der Waals surface area contributed by atoms with Gasteiger partial charge in [-0.15, -0.1) is 0 Å². The number of aliphatic hydroxyl groups is 15. The fourth-order valence-corrected chi connectivity index (χ4v) is 15.9. The zero-order valence-electron chi connectivity index (χ0n) is 45.0. The van der Waals surface area contributed by atoms with E-state index in [9.17, 15) is 76.6 Å². The number of aliphatic hydroxyl groups excluding tert-OH is 14. The zero-order chi connectivity index (χ0) is 56.0. The van der Waals surface area contributed by atoms with Crippen molar-refractivity contribution in [1.82, 2.24) is 0 Å². The molecule has 440 valence electrons. The first kappa shape index (κ1) is 60.9. The Morgan fingerprint density at radius 3 is 1.66 bits per heavy atom. The lowest BCUT2D eigenvalue weighted by molar-refractivity contribution is -0.378. The summed E-state index contributed by atoms with van der Waals surface area (Å²) in [5, 5.41) is 162. The van der Waals surface area contributed by atoms with Crippen LogP contribution >= 0.6 is 0 Å². The third-order valence-corrected chi connectivity index (χ3v) is 20.4. The number of hydrogen-bond donors (Lipinski definition) is 15. The monoisotopic (exact) mass is 1090 g/mol. The maximum atomic E-state index is 12.8. The molecule has 29 atom stereocenters. The summed E-state index contributed by atoms with van der Waals surface area (Å²) in [7, 11) is 0. The summed E-state index contributed by atoms with van der Waals surface area (Å²) in [6.45, 7) is 13.8. The van der Waals surface area contributed by atoms with Crippen molar-refractivity contribution in [3.8, 4) is 0 Å². The van der Waals surface area contributed by atoms with Gasteiger partial charge in [-0.05, 0) is 117 Å². The van der Waals surface area contributed by atoms with E-state index in [1.165, 1.54) is 0 Å².